The third kappa shape index (κ3) is 5.36. The van der Waals surface area contributed by atoms with E-state index in [1.807, 2.05) is 40.1 Å². The zero-order valence-corrected chi connectivity index (χ0v) is 9.59. The fraction of sp³-hybridized carbons (Fsp3) is 0.417. The Bertz CT molecular complexity index is 270. The first kappa shape index (κ1) is 12.7. The predicted molar refractivity (Wildman–Crippen MR) is 64.5 cm³/mol. The topological polar surface area (TPSA) is 24.4 Å². The van der Waals surface area contributed by atoms with Crippen LogP contribution in [0.3, 0.4) is 0 Å². The van der Waals surface area contributed by atoms with Gasteiger partial charge in [0.25, 0.3) is 0 Å². The highest BCUT2D eigenvalue weighted by molar-refractivity contribution is 5.98. The second-order valence-corrected chi connectivity index (χ2v) is 3.15. The maximum absolute atomic E-state index is 4.31. The van der Waals surface area contributed by atoms with Crippen LogP contribution in [-0.2, 0) is 0 Å². The molecule has 0 spiro atoms. The van der Waals surface area contributed by atoms with Crippen molar-refractivity contribution in [2.45, 2.75) is 27.2 Å². The summed E-state index contributed by atoms with van der Waals surface area (Å²) in [6, 6.07) is 0. The Kier molecular flexibility index (Phi) is 6.46. The highest BCUT2D eigenvalue weighted by Crippen LogP contribution is 2.03. The number of rotatable bonds is 5. The molecule has 0 aliphatic carbocycles. The summed E-state index contributed by atoms with van der Waals surface area (Å²) in [6.45, 7) is 9.92. The Hall–Kier alpha value is -1.31. The monoisotopic (exact) mass is 192 g/mol. The van der Waals surface area contributed by atoms with E-state index in [1.54, 1.807) is 0 Å². The number of aliphatic imine (C=N–C) groups is 1. The van der Waals surface area contributed by atoms with Crippen LogP contribution in [0.1, 0.15) is 27.2 Å². The van der Waals surface area contributed by atoms with Crippen molar-refractivity contribution in [2.24, 2.45) is 4.99 Å². The van der Waals surface area contributed by atoms with Gasteiger partial charge >= 0.3 is 0 Å². The maximum Gasteiger partial charge on any atom is 0.0457 e. The molecule has 0 radical (unpaired) electrons. The average Bonchev–Trinajstić information content (AvgIpc) is 2.21. The Morgan fingerprint density at radius 3 is 2.57 bits per heavy atom. The molecule has 0 aromatic rings. The first-order valence-corrected chi connectivity index (χ1v) is 4.80. The standard InChI is InChI=1S/C12H20N2/c1-6-7-8-10(2)12(4)14-9-11(3)13-5/h6-7,9,13H,2,8H2,1,3-5H3/b7-6-,11-9+,14-12?. The molecule has 0 aromatic carbocycles. The lowest BCUT2D eigenvalue weighted by atomic mass is 10.1. The minimum Gasteiger partial charge on any atom is -0.390 e. The molecule has 0 fully saturated rings. The van der Waals surface area contributed by atoms with E-state index in [1.165, 1.54) is 0 Å². The summed E-state index contributed by atoms with van der Waals surface area (Å²) in [7, 11) is 1.88. The van der Waals surface area contributed by atoms with Crippen molar-refractivity contribution in [3.63, 3.8) is 0 Å². The van der Waals surface area contributed by atoms with Gasteiger partial charge in [-0.2, -0.15) is 0 Å². The summed E-state index contributed by atoms with van der Waals surface area (Å²) in [6.07, 6.45) is 6.79. The van der Waals surface area contributed by atoms with Gasteiger partial charge in [-0.25, -0.2) is 0 Å². The lowest BCUT2D eigenvalue weighted by Gasteiger charge is -2.01. The van der Waals surface area contributed by atoms with Crippen LogP contribution < -0.4 is 5.32 Å². The van der Waals surface area contributed by atoms with Crippen LogP contribution in [0.2, 0.25) is 0 Å². The number of nitrogens with one attached hydrogen (secondary N) is 1. The first-order chi connectivity index (χ1) is 6.61. The molecule has 0 bridgehead atoms. The largest absolute Gasteiger partial charge is 0.390 e. The minimum atomic E-state index is 0.873. The van der Waals surface area contributed by atoms with E-state index in [-0.39, 0.29) is 0 Å². The molecule has 0 saturated heterocycles. The van der Waals surface area contributed by atoms with Gasteiger partial charge in [-0.1, -0.05) is 18.7 Å². The third-order valence-corrected chi connectivity index (χ3v) is 1.96. The Morgan fingerprint density at radius 2 is 2.07 bits per heavy atom. The van der Waals surface area contributed by atoms with Gasteiger partial charge in [0.15, 0.2) is 0 Å². The zero-order valence-electron chi connectivity index (χ0n) is 9.59. The fourth-order valence-corrected chi connectivity index (χ4v) is 0.757. The van der Waals surface area contributed by atoms with Crippen LogP contribution in [-0.4, -0.2) is 12.8 Å². The number of nitrogens with zero attached hydrogens (tertiary/aromatic N) is 1. The van der Waals surface area contributed by atoms with Crippen molar-refractivity contribution in [3.05, 3.63) is 36.2 Å². The molecular weight excluding hydrogens is 172 g/mol. The smallest absolute Gasteiger partial charge is 0.0457 e. The van der Waals surface area contributed by atoms with Gasteiger partial charge in [-0.3, -0.25) is 4.99 Å². The van der Waals surface area contributed by atoms with E-state index in [9.17, 15) is 0 Å². The van der Waals surface area contributed by atoms with Crippen molar-refractivity contribution < 1.29 is 0 Å². The molecule has 0 aromatic heterocycles. The van der Waals surface area contributed by atoms with E-state index in [0.717, 1.165) is 23.4 Å². The van der Waals surface area contributed by atoms with E-state index in [4.69, 9.17) is 0 Å². The Balaban J connectivity index is 4.30. The van der Waals surface area contributed by atoms with Crippen LogP contribution >= 0.6 is 0 Å². The van der Waals surface area contributed by atoms with Gasteiger partial charge < -0.3 is 5.32 Å². The summed E-state index contributed by atoms with van der Waals surface area (Å²) < 4.78 is 0. The summed E-state index contributed by atoms with van der Waals surface area (Å²) in [5.74, 6) is 0. The number of hydrogen-bond donors (Lipinski definition) is 1. The Morgan fingerprint density at radius 1 is 1.43 bits per heavy atom. The summed E-state index contributed by atoms with van der Waals surface area (Å²) in [4.78, 5) is 4.31. The molecule has 2 heteroatoms. The van der Waals surface area contributed by atoms with Crippen LogP contribution in [0.5, 0.6) is 0 Å². The SMILES string of the molecule is C=C(C/C=C\C)C(C)=N/C=C(\C)NC. The number of hydrogen-bond acceptors (Lipinski definition) is 2. The van der Waals surface area contributed by atoms with Gasteiger partial charge in [-0.15, -0.1) is 0 Å². The normalized spacial score (nSPS) is 13.4. The maximum atomic E-state index is 4.31. The second-order valence-electron chi connectivity index (χ2n) is 3.15. The molecule has 1 N–H and O–H groups in total. The van der Waals surface area contributed by atoms with E-state index >= 15 is 0 Å². The van der Waals surface area contributed by atoms with E-state index < -0.39 is 0 Å². The van der Waals surface area contributed by atoms with Crippen molar-refractivity contribution in [1.82, 2.24) is 5.32 Å². The van der Waals surface area contributed by atoms with Gasteiger partial charge in [0, 0.05) is 24.7 Å². The Labute approximate surface area is 87.1 Å². The van der Waals surface area contributed by atoms with Crippen molar-refractivity contribution in [1.29, 1.82) is 0 Å². The molecule has 0 amide bonds. The first-order valence-electron chi connectivity index (χ1n) is 4.80. The summed E-state index contributed by atoms with van der Waals surface area (Å²) in [5.41, 5.74) is 3.09. The molecule has 0 unspecified atom stereocenters. The molecule has 78 valence electrons. The molecule has 0 aliphatic rings. The summed E-state index contributed by atoms with van der Waals surface area (Å²) >= 11 is 0. The third-order valence-electron chi connectivity index (χ3n) is 1.96. The quantitative estimate of drug-likeness (QED) is 0.525. The molecule has 2 nitrogen and oxygen atoms in total. The van der Waals surface area contributed by atoms with Gasteiger partial charge in [0.05, 0.1) is 0 Å². The highest BCUT2D eigenvalue weighted by atomic mass is 14.9. The lowest BCUT2D eigenvalue weighted by Crippen LogP contribution is -2.01. The molecule has 0 heterocycles. The highest BCUT2D eigenvalue weighted by Gasteiger charge is 1.94. The fourth-order valence-electron chi connectivity index (χ4n) is 0.757. The minimum absolute atomic E-state index is 0.873. The summed E-state index contributed by atoms with van der Waals surface area (Å²) in [5, 5.41) is 3.01. The zero-order chi connectivity index (χ0) is 11.0. The van der Waals surface area contributed by atoms with E-state index in [0.29, 0.717) is 0 Å². The van der Waals surface area contributed by atoms with E-state index in [2.05, 4.69) is 23.0 Å². The molecular formula is C12H20N2. The number of allylic oxidation sites excluding steroid dienone is 4. The lowest BCUT2D eigenvalue weighted by molar-refractivity contribution is 0.981. The van der Waals surface area contributed by atoms with Gasteiger partial charge in [0.1, 0.15) is 0 Å². The van der Waals surface area contributed by atoms with Crippen LogP contribution in [0.25, 0.3) is 0 Å². The van der Waals surface area contributed by atoms with Gasteiger partial charge in [-0.05, 0) is 32.8 Å². The molecule has 14 heavy (non-hydrogen) atoms. The van der Waals surface area contributed by atoms with Crippen molar-refractivity contribution >= 4 is 5.71 Å². The molecule has 0 atom stereocenters. The van der Waals surface area contributed by atoms with Crippen LogP contribution in [0, 0.1) is 0 Å². The van der Waals surface area contributed by atoms with Gasteiger partial charge in [0.2, 0.25) is 0 Å². The molecule has 0 aliphatic heterocycles. The second kappa shape index (κ2) is 7.13. The predicted octanol–water partition coefficient (Wildman–Crippen LogP) is 3.05. The van der Waals surface area contributed by atoms with Crippen molar-refractivity contribution in [3.8, 4) is 0 Å². The van der Waals surface area contributed by atoms with Crippen LogP contribution in [0.4, 0.5) is 0 Å². The van der Waals surface area contributed by atoms with Crippen LogP contribution in [0.15, 0.2) is 41.2 Å². The molecule has 0 rings (SSSR count). The average molecular weight is 192 g/mol. The van der Waals surface area contributed by atoms with Crippen molar-refractivity contribution in [2.75, 3.05) is 7.05 Å². The molecule has 0 saturated carbocycles.